The van der Waals surface area contributed by atoms with Crippen molar-refractivity contribution in [3.63, 3.8) is 0 Å². The third-order valence-corrected chi connectivity index (χ3v) is 8.14. The number of nitrogens with zero attached hydrogens (tertiary/aromatic N) is 1. The molecule has 0 heterocycles. The van der Waals surface area contributed by atoms with Gasteiger partial charge in [0.05, 0.1) is 6.07 Å². The number of ether oxygens (including phenoxy) is 2. The van der Waals surface area contributed by atoms with Crippen LogP contribution in [0.3, 0.4) is 0 Å². The van der Waals surface area contributed by atoms with Crippen LogP contribution in [0.15, 0.2) is 0 Å². The van der Waals surface area contributed by atoms with E-state index in [0.717, 1.165) is 57.3 Å². The monoisotopic (exact) mass is 477 g/mol. The van der Waals surface area contributed by atoms with Crippen LogP contribution < -0.4 is 0 Å². The van der Waals surface area contributed by atoms with E-state index in [0.29, 0.717) is 24.2 Å². The lowest BCUT2D eigenvalue weighted by molar-refractivity contribution is -0.154. The minimum Gasteiger partial charge on any atom is -0.463 e. The molecule has 7 atom stereocenters. The van der Waals surface area contributed by atoms with Gasteiger partial charge in [0.15, 0.2) is 0 Å². The Morgan fingerprint density at radius 2 is 1.59 bits per heavy atom. The summed E-state index contributed by atoms with van der Waals surface area (Å²) in [5, 5.41) is 8.76. The molecule has 0 spiro atoms. The van der Waals surface area contributed by atoms with Gasteiger partial charge in [-0.25, -0.2) is 0 Å². The van der Waals surface area contributed by atoms with Gasteiger partial charge in [0.25, 0.3) is 0 Å². The topological polar surface area (TPSA) is 76.4 Å². The third kappa shape index (κ3) is 11.2. The maximum Gasteiger partial charge on any atom is 0.302 e. The van der Waals surface area contributed by atoms with Crippen LogP contribution in [-0.4, -0.2) is 24.1 Å². The molecule has 34 heavy (non-hydrogen) atoms. The Kier molecular flexibility index (Phi) is 15.2. The molecule has 0 amide bonds. The number of carbonyl (C=O) groups excluding carboxylic acids is 2. The Hall–Kier alpha value is -1.57. The van der Waals surface area contributed by atoms with Crippen molar-refractivity contribution in [1.82, 2.24) is 0 Å². The number of rotatable bonds is 17. The van der Waals surface area contributed by atoms with Crippen LogP contribution in [0.25, 0.3) is 0 Å². The van der Waals surface area contributed by atoms with Crippen molar-refractivity contribution in [2.75, 3.05) is 0 Å². The molecular weight excluding hydrogens is 426 g/mol. The van der Waals surface area contributed by atoms with Crippen molar-refractivity contribution < 1.29 is 19.1 Å². The molecule has 0 aromatic heterocycles. The Morgan fingerprint density at radius 3 is 2.18 bits per heavy atom. The fraction of sp³-hybridized carbons (Fsp3) is 0.897. The molecule has 1 saturated carbocycles. The highest BCUT2D eigenvalue weighted by Gasteiger charge is 2.38. The first-order chi connectivity index (χ1) is 16.2. The van der Waals surface area contributed by atoms with Gasteiger partial charge < -0.3 is 9.47 Å². The highest BCUT2D eigenvalue weighted by atomic mass is 16.5. The molecule has 1 aliphatic rings. The fourth-order valence-corrected chi connectivity index (χ4v) is 5.98. The molecular formula is C29H51NO4. The van der Waals surface area contributed by atoms with E-state index in [1.165, 1.54) is 39.5 Å². The van der Waals surface area contributed by atoms with Gasteiger partial charge in [0.1, 0.15) is 12.2 Å². The quantitative estimate of drug-likeness (QED) is 0.159. The van der Waals surface area contributed by atoms with Crippen molar-refractivity contribution in [3.05, 3.63) is 0 Å². The largest absolute Gasteiger partial charge is 0.463 e. The van der Waals surface area contributed by atoms with Gasteiger partial charge in [0.2, 0.25) is 0 Å². The minimum atomic E-state index is -0.210. The summed E-state index contributed by atoms with van der Waals surface area (Å²) in [4.78, 5) is 23.6. The predicted octanol–water partition coefficient (Wildman–Crippen LogP) is 7.62. The van der Waals surface area contributed by atoms with E-state index in [1.54, 1.807) is 0 Å². The molecule has 1 unspecified atom stereocenters. The zero-order valence-corrected chi connectivity index (χ0v) is 22.8. The molecule has 0 radical (unpaired) electrons. The zero-order valence-electron chi connectivity index (χ0n) is 22.8. The van der Waals surface area contributed by atoms with Crippen LogP contribution in [0.4, 0.5) is 0 Å². The molecule has 0 saturated heterocycles. The van der Waals surface area contributed by atoms with Crippen molar-refractivity contribution in [2.45, 2.75) is 137 Å². The highest BCUT2D eigenvalue weighted by molar-refractivity contribution is 5.66. The van der Waals surface area contributed by atoms with Crippen LogP contribution in [0.2, 0.25) is 0 Å². The summed E-state index contributed by atoms with van der Waals surface area (Å²) in [5.74, 6) is 2.20. The van der Waals surface area contributed by atoms with E-state index >= 15 is 0 Å². The smallest absolute Gasteiger partial charge is 0.302 e. The van der Waals surface area contributed by atoms with Gasteiger partial charge in [-0.3, -0.25) is 9.59 Å². The van der Waals surface area contributed by atoms with E-state index < -0.39 is 0 Å². The van der Waals surface area contributed by atoms with Crippen molar-refractivity contribution in [3.8, 4) is 6.07 Å². The summed E-state index contributed by atoms with van der Waals surface area (Å²) in [6, 6.07) is 2.25. The minimum absolute atomic E-state index is 0.0440. The molecule has 1 rings (SSSR count). The molecule has 0 N–H and O–H groups in total. The number of unbranched alkanes of at least 4 members (excludes halogenated alkanes) is 3. The van der Waals surface area contributed by atoms with Gasteiger partial charge in [-0.05, 0) is 81.0 Å². The van der Waals surface area contributed by atoms with Crippen molar-refractivity contribution in [2.24, 2.45) is 29.6 Å². The zero-order chi connectivity index (χ0) is 25.5. The molecule has 0 aromatic carbocycles. The first kappa shape index (κ1) is 30.5. The second-order valence-corrected chi connectivity index (χ2v) is 10.8. The second-order valence-electron chi connectivity index (χ2n) is 10.8. The SMILES string of the molecule is CCCC[C@H](CC[C@@H](CC)[C@@H](OC(C)=O)[C@H](C)[C@@H]1CCC([C@H](C)CCCCC#N)C1)OC(C)=O. The predicted molar refractivity (Wildman–Crippen MR) is 137 cm³/mol. The molecule has 196 valence electrons. The fourth-order valence-electron chi connectivity index (χ4n) is 5.98. The van der Waals surface area contributed by atoms with E-state index in [-0.39, 0.29) is 30.1 Å². The molecule has 0 bridgehead atoms. The Morgan fingerprint density at radius 1 is 0.912 bits per heavy atom. The molecule has 1 aliphatic carbocycles. The van der Waals surface area contributed by atoms with E-state index in [2.05, 4.69) is 33.8 Å². The Balaban J connectivity index is 2.76. The Labute approximate surface area is 209 Å². The number of hydrogen-bond donors (Lipinski definition) is 0. The lowest BCUT2D eigenvalue weighted by Gasteiger charge is -2.35. The van der Waals surface area contributed by atoms with Gasteiger partial charge in [-0.15, -0.1) is 0 Å². The van der Waals surface area contributed by atoms with E-state index in [9.17, 15) is 9.59 Å². The van der Waals surface area contributed by atoms with Crippen molar-refractivity contribution >= 4 is 11.9 Å². The number of hydrogen-bond acceptors (Lipinski definition) is 5. The third-order valence-electron chi connectivity index (χ3n) is 8.14. The first-order valence-corrected chi connectivity index (χ1v) is 13.9. The molecule has 5 heteroatoms. The standard InChI is InChI=1S/C29H51NO4/c1-7-9-14-28(33-23(5)31)18-17-25(8-2)29(34-24(6)32)22(4)27-16-15-26(20-27)21(3)13-11-10-12-19-30/h21-22,25-29H,7-18,20H2,1-6H3/t21-,22-,25-,26?,27-,28-,29+/m1/s1. The molecule has 0 aromatic rings. The normalized spacial score (nSPS) is 22.3. The molecule has 5 nitrogen and oxygen atoms in total. The average molecular weight is 478 g/mol. The summed E-state index contributed by atoms with van der Waals surface area (Å²) in [6.45, 7) is 12.0. The van der Waals surface area contributed by atoms with Crippen LogP contribution in [0, 0.1) is 40.9 Å². The first-order valence-electron chi connectivity index (χ1n) is 13.9. The van der Waals surface area contributed by atoms with E-state index in [4.69, 9.17) is 14.7 Å². The molecule has 1 fully saturated rings. The van der Waals surface area contributed by atoms with Gasteiger partial charge in [-0.2, -0.15) is 5.26 Å². The number of esters is 2. The van der Waals surface area contributed by atoms with Crippen LogP contribution >= 0.6 is 0 Å². The summed E-state index contributed by atoms with van der Waals surface area (Å²) in [5.41, 5.74) is 0. The second kappa shape index (κ2) is 17.0. The van der Waals surface area contributed by atoms with Crippen LogP contribution in [0.1, 0.15) is 125 Å². The van der Waals surface area contributed by atoms with Crippen LogP contribution in [-0.2, 0) is 19.1 Å². The summed E-state index contributed by atoms with van der Waals surface area (Å²) in [7, 11) is 0. The van der Waals surface area contributed by atoms with Gasteiger partial charge >= 0.3 is 11.9 Å². The Bertz CT molecular complexity index is 628. The maximum absolute atomic E-state index is 12.0. The van der Waals surface area contributed by atoms with E-state index in [1.807, 2.05) is 0 Å². The summed E-state index contributed by atoms with van der Waals surface area (Å²) in [6.07, 6.45) is 13.3. The number of carbonyl (C=O) groups is 2. The number of nitriles is 1. The maximum atomic E-state index is 12.0. The van der Waals surface area contributed by atoms with Crippen molar-refractivity contribution in [1.29, 1.82) is 5.26 Å². The summed E-state index contributed by atoms with van der Waals surface area (Å²) >= 11 is 0. The summed E-state index contributed by atoms with van der Waals surface area (Å²) < 4.78 is 11.6. The average Bonchev–Trinajstić information content (AvgIpc) is 3.29. The van der Waals surface area contributed by atoms with Gasteiger partial charge in [-0.1, -0.05) is 53.4 Å². The molecule has 0 aliphatic heterocycles. The lowest BCUT2D eigenvalue weighted by atomic mass is 9.78. The lowest BCUT2D eigenvalue weighted by Crippen LogP contribution is -2.36. The van der Waals surface area contributed by atoms with Crippen LogP contribution in [0.5, 0.6) is 0 Å². The van der Waals surface area contributed by atoms with Gasteiger partial charge in [0, 0.05) is 20.3 Å². The highest BCUT2D eigenvalue weighted by Crippen LogP contribution is 2.44.